The molecule has 1 rings (SSSR count). The molecule has 1 unspecified atom stereocenters. The van der Waals surface area contributed by atoms with Crippen LogP contribution in [0.15, 0.2) is 10.5 Å². The molecule has 0 saturated carbocycles. The van der Waals surface area contributed by atoms with E-state index in [0.29, 0.717) is 18.8 Å². The van der Waals surface area contributed by atoms with Gasteiger partial charge < -0.3 is 14.5 Å². The van der Waals surface area contributed by atoms with Crippen molar-refractivity contribution >= 4 is 0 Å². The molecule has 0 aliphatic heterocycles. The van der Waals surface area contributed by atoms with Gasteiger partial charge in [0.2, 0.25) is 0 Å². The van der Waals surface area contributed by atoms with Gasteiger partial charge in [0.15, 0.2) is 0 Å². The monoisotopic (exact) mass is 253 g/mol. The molecule has 0 fully saturated rings. The third kappa shape index (κ3) is 5.23. The number of hydrogen-bond donors (Lipinski definition) is 1. The van der Waals surface area contributed by atoms with E-state index in [4.69, 9.17) is 9.15 Å². The Morgan fingerprint density at radius 2 is 2.06 bits per heavy atom. The third-order valence-electron chi connectivity index (χ3n) is 2.97. The van der Waals surface area contributed by atoms with E-state index >= 15 is 0 Å². The van der Waals surface area contributed by atoms with Crippen molar-refractivity contribution in [1.82, 2.24) is 5.32 Å². The first kappa shape index (κ1) is 15.3. The molecule has 1 N–H and O–H groups in total. The van der Waals surface area contributed by atoms with E-state index < -0.39 is 0 Å². The highest BCUT2D eigenvalue weighted by molar-refractivity contribution is 5.20. The summed E-state index contributed by atoms with van der Waals surface area (Å²) in [7, 11) is 0. The van der Waals surface area contributed by atoms with Crippen LogP contribution in [-0.2, 0) is 17.9 Å². The van der Waals surface area contributed by atoms with Crippen molar-refractivity contribution in [2.75, 3.05) is 0 Å². The highest BCUT2D eigenvalue weighted by atomic mass is 16.5. The van der Waals surface area contributed by atoms with E-state index in [1.54, 1.807) is 0 Å². The van der Waals surface area contributed by atoms with Crippen LogP contribution in [0.2, 0.25) is 0 Å². The lowest BCUT2D eigenvalue weighted by atomic mass is 10.2. The normalized spacial score (nSPS) is 13.2. The van der Waals surface area contributed by atoms with Crippen LogP contribution in [0.4, 0.5) is 0 Å². The van der Waals surface area contributed by atoms with E-state index in [2.05, 4.69) is 39.1 Å². The molecule has 0 aromatic carbocycles. The van der Waals surface area contributed by atoms with Gasteiger partial charge in [-0.3, -0.25) is 0 Å². The van der Waals surface area contributed by atoms with Crippen LogP contribution in [0.3, 0.4) is 0 Å². The lowest BCUT2D eigenvalue weighted by molar-refractivity contribution is 0.0465. The molecule has 1 aromatic rings. The smallest absolute Gasteiger partial charge is 0.118 e. The fourth-order valence-corrected chi connectivity index (χ4v) is 1.84. The van der Waals surface area contributed by atoms with Crippen molar-refractivity contribution in [2.24, 2.45) is 0 Å². The minimum atomic E-state index is 0.321. The number of rotatable bonds is 8. The Bertz CT molecular complexity index is 344. The van der Waals surface area contributed by atoms with Gasteiger partial charge in [-0.05, 0) is 26.3 Å². The summed E-state index contributed by atoms with van der Waals surface area (Å²) < 4.78 is 11.5. The summed E-state index contributed by atoms with van der Waals surface area (Å²) in [5.41, 5.74) is 1.17. The van der Waals surface area contributed by atoms with Gasteiger partial charge in [0.25, 0.3) is 0 Å². The quantitative estimate of drug-likeness (QED) is 0.765. The van der Waals surface area contributed by atoms with Gasteiger partial charge in [-0.1, -0.05) is 27.2 Å². The molecule has 0 aliphatic carbocycles. The Morgan fingerprint density at radius 3 is 2.67 bits per heavy atom. The summed E-state index contributed by atoms with van der Waals surface area (Å²) in [5, 5.41) is 3.35. The first-order chi connectivity index (χ1) is 8.52. The van der Waals surface area contributed by atoms with Crippen LogP contribution < -0.4 is 5.32 Å². The Labute approximate surface area is 111 Å². The predicted octanol–water partition coefficient (Wildman–Crippen LogP) is 3.79. The van der Waals surface area contributed by atoms with Gasteiger partial charge in [0.05, 0.1) is 19.3 Å². The zero-order valence-corrected chi connectivity index (χ0v) is 12.4. The molecular weight excluding hydrogens is 226 g/mol. The Hall–Kier alpha value is -0.800. The van der Waals surface area contributed by atoms with E-state index in [0.717, 1.165) is 30.9 Å². The van der Waals surface area contributed by atoms with Gasteiger partial charge in [-0.2, -0.15) is 0 Å². The lowest BCUT2D eigenvalue weighted by Crippen LogP contribution is -2.21. The zero-order valence-electron chi connectivity index (χ0n) is 12.4. The topological polar surface area (TPSA) is 34.4 Å². The van der Waals surface area contributed by atoms with Crippen LogP contribution in [0.1, 0.15) is 57.6 Å². The molecule has 3 heteroatoms. The van der Waals surface area contributed by atoms with E-state index in [-0.39, 0.29) is 0 Å². The van der Waals surface area contributed by atoms with Gasteiger partial charge in [0.1, 0.15) is 11.5 Å². The molecule has 0 amide bonds. The highest BCUT2D eigenvalue weighted by Crippen LogP contribution is 2.17. The number of furan rings is 1. The Balaban J connectivity index is 2.46. The van der Waals surface area contributed by atoms with Crippen LogP contribution in [-0.4, -0.2) is 12.1 Å². The SMILES string of the molecule is CCCC(C)OCc1cc(CNC(C)C)oc1C. The maximum absolute atomic E-state index is 5.81. The molecule has 0 bridgehead atoms. The van der Waals surface area contributed by atoms with Crippen molar-refractivity contribution in [3.63, 3.8) is 0 Å². The average Bonchev–Trinajstić information content (AvgIpc) is 2.65. The third-order valence-corrected chi connectivity index (χ3v) is 2.97. The van der Waals surface area contributed by atoms with Crippen LogP contribution in [0.5, 0.6) is 0 Å². The number of aryl methyl sites for hydroxylation is 1. The first-order valence-corrected chi connectivity index (χ1v) is 6.96. The molecule has 0 radical (unpaired) electrons. The molecule has 0 spiro atoms. The second-order valence-electron chi connectivity index (χ2n) is 5.24. The summed E-state index contributed by atoms with van der Waals surface area (Å²) in [6.45, 7) is 12.0. The van der Waals surface area contributed by atoms with Gasteiger partial charge in [-0.25, -0.2) is 0 Å². The Morgan fingerprint density at radius 1 is 1.33 bits per heavy atom. The van der Waals surface area contributed by atoms with Gasteiger partial charge in [0, 0.05) is 11.6 Å². The largest absolute Gasteiger partial charge is 0.465 e. The number of ether oxygens (including phenoxy) is 1. The summed E-state index contributed by atoms with van der Waals surface area (Å²) in [6, 6.07) is 2.57. The van der Waals surface area contributed by atoms with Gasteiger partial charge >= 0.3 is 0 Å². The van der Waals surface area contributed by atoms with Crippen molar-refractivity contribution in [1.29, 1.82) is 0 Å². The van der Waals surface area contributed by atoms with Crippen LogP contribution in [0, 0.1) is 6.92 Å². The summed E-state index contributed by atoms with van der Waals surface area (Å²) in [4.78, 5) is 0. The summed E-state index contributed by atoms with van der Waals surface area (Å²) in [6.07, 6.45) is 2.59. The number of hydrogen-bond acceptors (Lipinski definition) is 3. The molecular formula is C15H27NO2. The minimum absolute atomic E-state index is 0.321. The van der Waals surface area contributed by atoms with Crippen LogP contribution >= 0.6 is 0 Å². The van der Waals surface area contributed by atoms with Gasteiger partial charge in [-0.15, -0.1) is 0 Å². The second-order valence-corrected chi connectivity index (χ2v) is 5.24. The molecule has 104 valence electrons. The Kier molecular flexibility index (Phi) is 6.44. The molecule has 18 heavy (non-hydrogen) atoms. The van der Waals surface area contributed by atoms with Crippen molar-refractivity contribution in [3.8, 4) is 0 Å². The van der Waals surface area contributed by atoms with Crippen molar-refractivity contribution in [2.45, 2.75) is 72.8 Å². The van der Waals surface area contributed by atoms with E-state index in [1.807, 2.05) is 6.92 Å². The standard InChI is InChI=1S/C15H27NO2/c1-6-7-12(4)17-10-14-8-15(18-13(14)5)9-16-11(2)3/h8,11-12,16H,6-7,9-10H2,1-5H3. The predicted molar refractivity (Wildman–Crippen MR) is 74.6 cm³/mol. The van der Waals surface area contributed by atoms with E-state index in [1.165, 1.54) is 5.56 Å². The van der Waals surface area contributed by atoms with Crippen LogP contribution in [0.25, 0.3) is 0 Å². The summed E-state index contributed by atoms with van der Waals surface area (Å²) >= 11 is 0. The maximum atomic E-state index is 5.81. The molecule has 1 heterocycles. The summed E-state index contributed by atoms with van der Waals surface area (Å²) in [5.74, 6) is 1.96. The molecule has 1 atom stereocenters. The maximum Gasteiger partial charge on any atom is 0.118 e. The molecule has 0 aliphatic rings. The average molecular weight is 253 g/mol. The lowest BCUT2D eigenvalue weighted by Gasteiger charge is -2.10. The second kappa shape index (κ2) is 7.59. The fraction of sp³-hybridized carbons (Fsp3) is 0.733. The highest BCUT2D eigenvalue weighted by Gasteiger charge is 2.09. The first-order valence-electron chi connectivity index (χ1n) is 6.96. The molecule has 0 saturated heterocycles. The molecule has 3 nitrogen and oxygen atoms in total. The fourth-order valence-electron chi connectivity index (χ4n) is 1.84. The molecule has 1 aromatic heterocycles. The van der Waals surface area contributed by atoms with E-state index in [9.17, 15) is 0 Å². The number of nitrogens with one attached hydrogen (secondary N) is 1. The van der Waals surface area contributed by atoms with Crippen molar-refractivity contribution < 1.29 is 9.15 Å². The zero-order chi connectivity index (χ0) is 13.5. The minimum Gasteiger partial charge on any atom is -0.465 e. The van der Waals surface area contributed by atoms with Crippen molar-refractivity contribution in [3.05, 3.63) is 23.2 Å².